The summed E-state index contributed by atoms with van der Waals surface area (Å²) in [6, 6.07) is 0.00414. The number of carboxylic acid groups (broad SMARTS) is 1. The van der Waals surface area contributed by atoms with Crippen LogP contribution in [0.4, 0.5) is 4.79 Å². The number of nitrogens with one attached hydrogen (secondary N) is 1. The van der Waals surface area contributed by atoms with E-state index in [0.29, 0.717) is 25.4 Å². The van der Waals surface area contributed by atoms with Crippen molar-refractivity contribution in [2.24, 2.45) is 17.8 Å². The van der Waals surface area contributed by atoms with Crippen molar-refractivity contribution in [2.45, 2.75) is 53.0 Å². The zero-order valence-corrected chi connectivity index (χ0v) is 13.1. The number of rotatable bonds is 5. The number of hydrogen-bond donors (Lipinski definition) is 2. The van der Waals surface area contributed by atoms with Gasteiger partial charge in [0, 0.05) is 19.1 Å². The second-order valence-corrected chi connectivity index (χ2v) is 6.60. The second kappa shape index (κ2) is 7.50. The summed E-state index contributed by atoms with van der Waals surface area (Å²) in [5, 5.41) is 12.1. The second-order valence-electron chi connectivity index (χ2n) is 6.60. The van der Waals surface area contributed by atoms with Crippen molar-refractivity contribution >= 4 is 12.0 Å². The number of urea groups is 1. The van der Waals surface area contributed by atoms with Gasteiger partial charge in [0.05, 0.1) is 5.92 Å². The highest BCUT2D eigenvalue weighted by Gasteiger charge is 2.32. The van der Waals surface area contributed by atoms with Gasteiger partial charge < -0.3 is 15.3 Å². The minimum absolute atomic E-state index is 0.126. The van der Waals surface area contributed by atoms with Crippen LogP contribution in [0.3, 0.4) is 0 Å². The molecule has 1 aliphatic rings. The summed E-state index contributed by atoms with van der Waals surface area (Å²) in [7, 11) is 0. The summed E-state index contributed by atoms with van der Waals surface area (Å²) in [5.41, 5.74) is 0. The molecule has 1 aliphatic heterocycles. The van der Waals surface area contributed by atoms with Gasteiger partial charge in [-0.05, 0) is 38.0 Å². The molecule has 2 amide bonds. The van der Waals surface area contributed by atoms with E-state index in [2.05, 4.69) is 19.2 Å². The highest BCUT2D eigenvalue weighted by atomic mass is 16.4. The molecule has 0 aliphatic carbocycles. The van der Waals surface area contributed by atoms with E-state index >= 15 is 0 Å². The molecule has 1 fully saturated rings. The lowest BCUT2D eigenvalue weighted by Crippen LogP contribution is -2.51. The molecule has 3 atom stereocenters. The Balaban J connectivity index is 2.47. The van der Waals surface area contributed by atoms with E-state index < -0.39 is 11.9 Å². The maximum atomic E-state index is 12.2. The summed E-state index contributed by atoms with van der Waals surface area (Å²) in [5.74, 6) is -0.375. The highest BCUT2D eigenvalue weighted by molar-refractivity contribution is 5.76. The lowest BCUT2D eigenvalue weighted by molar-refractivity contribution is -0.143. The zero-order valence-electron chi connectivity index (χ0n) is 13.1. The van der Waals surface area contributed by atoms with E-state index in [1.165, 1.54) is 0 Å². The molecule has 0 bridgehead atoms. The summed E-state index contributed by atoms with van der Waals surface area (Å²) in [4.78, 5) is 24.9. The van der Waals surface area contributed by atoms with Crippen molar-refractivity contribution in [3.05, 3.63) is 0 Å². The molecule has 0 aromatic heterocycles. The minimum Gasteiger partial charge on any atom is -0.481 e. The number of hydrogen-bond acceptors (Lipinski definition) is 2. The van der Waals surface area contributed by atoms with Gasteiger partial charge in [-0.15, -0.1) is 0 Å². The maximum Gasteiger partial charge on any atom is 0.317 e. The third-order valence-electron chi connectivity index (χ3n) is 3.84. The topological polar surface area (TPSA) is 69.6 Å². The monoisotopic (exact) mass is 284 g/mol. The Kier molecular flexibility index (Phi) is 6.30. The fourth-order valence-corrected chi connectivity index (χ4v) is 2.65. The van der Waals surface area contributed by atoms with Gasteiger partial charge in [0.2, 0.25) is 0 Å². The first kappa shape index (κ1) is 16.8. The van der Waals surface area contributed by atoms with Gasteiger partial charge in [0.1, 0.15) is 0 Å². The first-order chi connectivity index (χ1) is 9.29. The van der Waals surface area contributed by atoms with Crippen LogP contribution in [-0.4, -0.2) is 41.1 Å². The highest BCUT2D eigenvalue weighted by Crippen LogP contribution is 2.22. The van der Waals surface area contributed by atoms with Crippen molar-refractivity contribution in [2.75, 3.05) is 13.1 Å². The predicted octanol–water partition coefficient (Wildman–Crippen LogP) is 2.56. The molecule has 116 valence electrons. The van der Waals surface area contributed by atoms with Gasteiger partial charge in [-0.3, -0.25) is 4.79 Å². The van der Waals surface area contributed by atoms with E-state index in [9.17, 15) is 9.59 Å². The fraction of sp³-hybridized carbons (Fsp3) is 0.867. The van der Waals surface area contributed by atoms with Crippen LogP contribution in [-0.2, 0) is 4.79 Å². The molecule has 3 unspecified atom stereocenters. The first-order valence-electron chi connectivity index (χ1n) is 7.57. The van der Waals surface area contributed by atoms with Crippen LogP contribution in [0.1, 0.15) is 47.0 Å². The predicted molar refractivity (Wildman–Crippen MR) is 78.5 cm³/mol. The van der Waals surface area contributed by atoms with Crippen molar-refractivity contribution in [1.82, 2.24) is 10.2 Å². The maximum absolute atomic E-state index is 12.2. The van der Waals surface area contributed by atoms with Gasteiger partial charge in [-0.2, -0.15) is 0 Å². The summed E-state index contributed by atoms with van der Waals surface area (Å²) < 4.78 is 0. The van der Waals surface area contributed by atoms with E-state index in [1.807, 2.05) is 13.8 Å². The van der Waals surface area contributed by atoms with Crippen LogP contribution in [0.15, 0.2) is 0 Å². The van der Waals surface area contributed by atoms with E-state index in [4.69, 9.17) is 5.11 Å². The molecular formula is C15H28N2O3. The normalized spacial score (nSPS) is 24.6. The summed E-state index contributed by atoms with van der Waals surface area (Å²) in [6.45, 7) is 9.30. The Morgan fingerprint density at radius 2 is 1.90 bits per heavy atom. The smallest absolute Gasteiger partial charge is 0.317 e. The van der Waals surface area contributed by atoms with Crippen molar-refractivity contribution in [3.8, 4) is 0 Å². The zero-order chi connectivity index (χ0) is 15.3. The molecule has 1 heterocycles. The van der Waals surface area contributed by atoms with E-state index in [-0.39, 0.29) is 18.0 Å². The molecule has 0 saturated carbocycles. The molecule has 5 nitrogen and oxygen atoms in total. The Bertz CT molecular complexity index is 344. The molecule has 1 rings (SSSR count). The molecular weight excluding hydrogens is 256 g/mol. The van der Waals surface area contributed by atoms with Crippen LogP contribution < -0.4 is 5.32 Å². The minimum atomic E-state index is -0.804. The van der Waals surface area contributed by atoms with Crippen LogP contribution in [0, 0.1) is 17.8 Å². The lowest BCUT2D eigenvalue weighted by Gasteiger charge is -2.35. The average molecular weight is 284 g/mol. The summed E-state index contributed by atoms with van der Waals surface area (Å²) in [6.07, 6.45) is 2.69. The van der Waals surface area contributed by atoms with Gasteiger partial charge in [-0.25, -0.2) is 4.79 Å². The summed E-state index contributed by atoms with van der Waals surface area (Å²) >= 11 is 0. The number of carboxylic acids is 1. The largest absolute Gasteiger partial charge is 0.481 e. The quantitative estimate of drug-likeness (QED) is 0.815. The number of nitrogens with zero attached hydrogens (tertiary/aromatic N) is 1. The van der Waals surface area contributed by atoms with Gasteiger partial charge in [0.15, 0.2) is 0 Å². The number of likely N-dealkylation sites (tertiary alicyclic amines) is 1. The molecule has 0 radical (unpaired) electrons. The number of piperidine rings is 1. The third kappa shape index (κ3) is 5.39. The number of carbonyl (C=O) groups is 2. The number of aliphatic carboxylic acids is 1. The SMILES string of the molecule is CC(C)CCC(C)NC(=O)N1CC(C)CC(C(=O)O)C1. The molecule has 0 spiro atoms. The Hall–Kier alpha value is -1.26. The van der Waals surface area contributed by atoms with Crippen molar-refractivity contribution in [3.63, 3.8) is 0 Å². The number of carbonyl (C=O) groups excluding carboxylic acids is 1. The van der Waals surface area contributed by atoms with Crippen molar-refractivity contribution in [1.29, 1.82) is 0 Å². The molecule has 1 saturated heterocycles. The van der Waals surface area contributed by atoms with Gasteiger partial charge >= 0.3 is 12.0 Å². The third-order valence-corrected chi connectivity index (χ3v) is 3.84. The molecule has 5 heteroatoms. The van der Waals surface area contributed by atoms with Gasteiger partial charge in [-0.1, -0.05) is 20.8 Å². The lowest BCUT2D eigenvalue weighted by atomic mass is 9.91. The number of amides is 2. The van der Waals surface area contributed by atoms with E-state index in [1.54, 1.807) is 4.90 Å². The Morgan fingerprint density at radius 3 is 2.45 bits per heavy atom. The Labute approximate surface area is 121 Å². The van der Waals surface area contributed by atoms with Crippen LogP contribution >= 0.6 is 0 Å². The molecule has 0 aromatic carbocycles. The van der Waals surface area contributed by atoms with Crippen molar-refractivity contribution < 1.29 is 14.7 Å². The molecule has 20 heavy (non-hydrogen) atoms. The average Bonchev–Trinajstić information content (AvgIpc) is 2.35. The fourth-order valence-electron chi connectivity index (χ4n) is 2.65. The standard InChI is InChI=1S/C15H28N2O3/c1-10(2)5-6-12(4)16-15(20)17-8-11(3)7-13(9-17)14(18)19/h10-13H,5-9H2,1-4H3,(H,16,20)(H,18,19). The van der Waals surface area contributed by atoms with Crippen LogP contribution in [0.5, 0.6) is 0 Å². The molecule has 0 aromatic rings. The molecule has 2 N–H and O–H groups in total. The first-order valence-corrected chi connectivity index (χ1v) is 7.57. The van der Waals surface area contributed by atoms with E-state index in [0.717, 1.165) is 12.8 Å². The van der Waals surface area contributed by atoms with Crippen LogP contribution in [0.25, 0.3) is 0 Å². The van der Waals surface area contributed by atoms with Gasteiger partial charge in [0.25, 0.3) is 0 Å². The Morgan fingerprint density at radius 1 is 1.25 bits per heavy atom. The van der Waals surface area contributed by atoms with Crippen LogP contribution in [0.2, 0.25) is 0 Å².